The van der Waals surface area contributed by atoms with E-state index in [9.17, 15) is 5.11 Å². The Morgan fingerprint density at radius 3 is 2.36 bits per heavy atom. The van der Waals surface area contributed by atoms with Crippen molar-refractivity contribution in [2.24, 2.45) is 0 Å². The van der Waals surface area contributed by atoms with E-state index in [0.717, 1.165) is 19.3 Å². The van der Waals surface area contributed by atoms with Gasteiger partial charge in [0.15, 0.2) is 0 Å². The first-order valence-electron chi connectivity index (χ1n) is 4.65. The van der Waals surface area contributed by atoms with Crippen molar-refractivity contribution in [1.82, 2.24) is 0 Å². The summed E-state index contributed by atoms with van der Waals surface area (Å²) in [6.07, 6.45) is 11.2. The van der Waals surface area contributed by atoms with Crippen molar-refractivity contribution < 1.29 is 5.11 Å². The maximum atomic E-state index is 10.0. The Hall–Kier alpha value is -0.300. The van der Waals surface area contributed by atoms with Gasteiger partial charge in [-0.2, -0.15) is 0 Å². The zero-order valence-corrected chi connectivity index (χ0v) is 7.51. The van der Waals surface area contributed by atoms with Gasteiger partial charge in [0.2, 0.25) is 0 Å². The summed E-state index contributed by atoms with van der Waals surface area (Å²) in [5.41, 5.74) is 0. The summed E-state index contributed by atoms with van der Waals surface area (Å²) < 4.78 is 0. The minimum atomic E-state index is 0.0959. The lowest BCUT2D eigenvalue weighted by Crippen LogP contribution is -1.79. The third-order valence-electron chi connectivity index (χ3n) is 1.64. The molecule has 0 heterocycles. The molecule has 0 atom stereocenters. The average Bonchev–Trinajstić information content (AvgIpc) is 2.03. The van der Waals surface area contributed by atoms with Crippen LogP contribution in [0.25, 0.3) is 0 Å². The molecule has 0 fully saturated rings. The fraction of sp³-hybridized carbons (Fsp3) is 0.800. The number of hydrogen-bond acceptors (Lipinski definition) is 0. The molecule has 0 aromatic heterocycles. The fourth-order valence-corrected chi connectivity index (χ4v) is 0.943. The zero-order chi connectivity index (χ0) is 8.36. The first-order valence-corrected chi connectivity index (χ1v) is 4.65. The predicted octanol–water partition coefficient (Wildman–Crippen LogP) is 3.33. The van der Waals surface area contributed by atoms with Gasteiger partial charge in [-0.05, 0) is 25.7 Å². The minimum absolute atomic E-state index is 0.0959. The molecule has 0 rings (SSSR count). The number of allylic oxidation sites excluding steroid dienone is 2. The zero-order valence-electron chi connectivity index (χ0n) is 7.51. The molecule has 0 amide bonds. The van der Waals surface area contributed by atoms with Gasteiger partial charge in [0.1, 0.15) is 0 Å². The maximum Gasteiger partial charge on any atom is 0.0822 e. The second kappa shape index (κ2) is 9.70. The van der Waals surface area contributed by atoms with Gasteiger partial charge in [-0.25, -0.2) is 5.11 Å². The second-order valence-corrected chi connectivity index (χ2v) is 2.81. The van der Waals surface area contributed by atoms with E-state index < -0.39 is 0 Å². The standard InChI is InChI=1S/C10H19O/c1-2-3-4-5-6-7-8-9-10-11/h4-5H,2-3,6-10H2,1H3. The topological polar surface area (TPSA) is 19.9 Å². The lowest BCUT2D eigenvalue weighted by atomic mass is 10.2. The van der Waals surface area contributed by atoms with Gasteiger partial charge in [0.25, 0.3) is 0 Å². The van der Waals surface area contributed by atoms with Crippen LogP contribution in [0.2, 0.25) is 0 Å². The first kappa shape index (κ1) is 10.7. The monoisotopic (exact) mass is 155 g/mol. The van der Waals surface area contributed by atoms with Crippen LogP contribution in [-0.4, -0.2) is 6.61 Å². The van der Waals surface area contributed by atoms with E-state index in [1.807, 2.05) is 0 Å². The van der Waals surface area contributed by atoms with Crippen LogP contribution in [0.3, 0.4) is 0 Å². The highest BCUT2D eigenvalue weighted by Crippen LogP contribution is 2.00. The molecule has 1 radical (unpaired) electrons. The molecule has 0 unspecified atom stereocenters. The van der Waals surface area contributed by atoms with E-state index >= 15 is 0 Å². The third kappa shape index (κ3) is 9.70. The van der Waals surface area contributed by atoms with Crippen molar-refractivity contribution in [3.8, 4) is 0 Å². The molecule has 11 heavy (non-hydrogen) atoms. The smallest absolute Gasteiger partial charge is 0.0822 e. The second-order valence-electron chi connectivity index (χ2n) is 2.81. The van der Waals surface area contributed by atoms with E-state index in [4.69, 9.17) is 0 Å². The normalized spacial score (nSPS) is 11.1. The Morgan fingerprint density at radius 1 is 1.00 bits per heavy atom. The minimum Gasteiger partial charge on any atom is -0.237 e. The maximum absolute atomic E-state index is 10.0. The van der Waals surface area contributed by atoms with E-state index in [0.29, 0.717) is 0 Å². The summed E-state index contributed by atoms with van der Waals surface area (Å²) in [4.78, 5) is 0. The summed E-state index contributed by atoms with van der Waals surface area (Å²) in [5.74, 6) is 0. The van der Waals surface area contributed by atoms with Crippen molar-refractivity contribution in [3.05, 3.63) is 12.2 Å². The summed E-state index contributed by atoms with van der Waals surface area (Å²) >= 11 is 0. The van der Waals surface area contributed by atoms with Crippen LogP contribution in [-0.2, 0) is 5.11 Å². The Balaban J connectivity index is 2.89. The summed E-state index contributed by atoms with van der Waals surface area (Å²) in [6.45, 7) is 2.28. The fourth-order valence-electron chi connectivity index (χ4n) is 0.943. The van der Waals surface area contributed by atoms with Gasteiger partial charge in [0, 0.05) is 0 Å². The molecular weight excluding hydrogens is 136 g/mol. The van der Waals surface area contributed by atoms with Crippen LogP contribution < -0.4 is 0 Å². The predicted molar refractivity (Wildman–Crippen MR) is 48.1 cm³/mol. The molecule has 1 nitrogen and oxygen atoms in total. The Morgan fingerprint density at radius 2 is 1.73 bits per heavy atom. The average molecular weight is 155 g/mol. The Kier molecular flexibility index (Phi) is 9.44. The van der Waals surface area contributed by atoms with Crippen LogP contribution in [0.15, 0.2) is 12.2 Å². The van der Waals surface area contributed by atoms with E-state index in [-0.39, 0.29) is 6.61 Å². The number of unbranched alkanes of at least 4 members (excludes halogenated alkanes) is 4. The van der Waals surface area contributed by atoms with Crippen LogP contribution in [0.4, 0.5) is 0 Å². The van der Waals surface area contributed by atoms with Crippen molar-refractivity contribution in [3.63, 3.8) is 0 Å². The molecule has 65 valence electrons. The first-order chi connectivity index (χ1) is 5.41. The van der Waals surface area contributed by atoms with Gasteiger partial charge < -0.3 is 0 Å². The number of rotatable bonds is 7. The molecule has 0 aromatic carbocycles. The van der Waals surface area contributed by atoms with Gasteiger partial charge in [0.05, 0.1) is 6.61 Å². The molecular formula is C10H19O. The summed E-state index contributed by atoms with van der Waals surface area (Å²) in [7, 11) is 0. The highest BCUT2D eigenvalue weighted by atomic mass is 16.2. The number of hydrogen-bond donors (Lipinski definition) is 0. The van der Waals surface area contributed by atoms with Crippen molar-refractivity contribution in [2.45, 2.75) is 45.4 Å². The molecule has 1 heteroatoms. The molecule has 0 spiro atoms. The van der Waals surface area contributed by atoms with Gasteiger partial charge >= 0.3 is 0 Å². The SMILES string of the molecule is CCCC=CCCCCC[O]. The molecule has 0 aliphatic rings. The summed E-state index contributed by atoms with van der Waals surface area (Å²) in [5, 5.41) is 10.0. The van der Waals surface area contributed by atoms with Crippen molar-refractivity contribution >= 4 is 0 Å². The molecule has 0 bridgehead atoms. The van der Waals surface area contributed by atoms with Crippen LogP contribution in [0.1, 0.15) is 45.4 Å². The highest BCUT2D eigenvalue weighted by molar-refractivity contribution is 4.80. The molecule has 0 saturated heterocycles. The molecule has 0 aliphatic heterocycles. The van der Waals surface area contributed by atoms with E-state index in [2.05, 4.69) is 19.1 Å². The highest BCUT2D eigenvalue weighted by Gasteiger charge is 1.84. The van der Waals surface area contributed by atoms with Gasteiger partial charge in [-0.1, -0.05) is 31.9 Å². The molecule has 0 saturated carbocycles. The van der Waals surface area contributed by atoms with E-state index in [1.165, 1.54) is 19.3 Å². The molecule has 0 N–H and O–H groups in total. The molecule has 0 aromatic rings. The van der Waals surface area contributed by atoms with Crippen LogP contribution >= 0.6 is 0 Å². The van der Waals surface area contributed by atoms with E-state index in [1.54, 1.807) is 0 Å². The Labute approximate surface area is 70.1 Å². The lowest BCUT2D eigenvalue weighted by molar-refractivity contribution is 0.186. The Bertz CT molecular complexity index is 86.9. The van der Waals surface area contributed by atoms with Crippen LogP contribution in [0.5, 0.6) is 0 Å². The lowest BCUT2D eigenvalue weighted by Gasteiger charge is -1.92. The quantitative estimate of drug-likeness (QED) is 0.397. The van der Waals surface area contributed by atoms with Crippen molar-refractivity contribution in [1.29, 1.82) is 0 Å². The molecule has 0 aliphatic carbocycles. The summed E-state index contributed by atoms with van der Waals surface area (Å²) in [6, 6.07) is 0. The van der Waals surface area contributed by atoms with Gasteiger partial charge in [-0.15, -0.1) is 0 Å². The van der Waals surface area contributed by atoms with Gasteiger partial charge in [-0.3, -0.25) is 0 Å². The largest absolute Gasteiger partial charge is 0.237 e. The van der Waals surface area contributed by atoms with Crippen molar-refractivity contribution in [2.75, 3.05) is 6.61 Å². The van der Waals surface area contributed by atoms with Crippen LogP contribution in [0, 0.1) is 0 Å². The third-order valence-corrected chi connectivity index (χ3v) is 1.64.